The largest absolute Gasteiger partial charge is 0.396 e. The zero-order chi connectivity index (χ0) is 14.9. The molecule has 1 fully saturated rings. The van der Waals surface area contributed by atoms with Crippen LogP contribution in [0.1, 0.15) is 31.7 Å². The first-order chi connectivity index (χ1) is 10.9. The second-order valence-corrected chi connectivity index (χ2v) is 6.27. The minimum Gasteiger partial charge on any atom is -0.396 e. The highest BCUT2D eigenvalue weighted by Crippen LogP contribution is 2.36. The molecule has 22 heavy (non-hydrogen) atoms. The molecular formula is C18H21N3O. The Kier molecular flexibility index (Phi) is 3.47. The van der Waals surface area contributed by atoms with Gasteiger partial charge in [-0.2, -0.15) is 0 Å². The van der Waals surface area contributed by atoms with Crippen molar-refractivity contribution in [1.82, 2.24) is 14.5 Å². The topological polar surface area (TPSA) is 53.8 Å². The summed E-state index contributed by atoms with van der Waals surface area (Å²) in [6.07, 6.45) is 10.5. The van der Waals surface area contributed by atoms with E-state index < -0.39 is 0 Å². The molecule has 1 aromatic carbocycles. The van der Waals surface area contributed by atoms with Crippen molar-refractivity contribution in [3.8, 4) is 11.4 Å². The molecule has 2 atom stereocenters. The van der Waals surface area contributed by atoms with Crippen LogP contribution in [-0.4, -0.2) is 26.2 Å². The SMILES string of the molecule is OC[C@H]1CCC[C@@H](n2ccnc2-c2cccc3cc[nH]c23)C1. The smallest absolute Gasteiger partial charge is 0.142 e. The minimum atomic E-state index is 0.298. The number of fused-ring (bicyclic) bond motifs is 1. The minimum absolute atomic E-state index is 0.298. The molecule has 0 saturated heterocycles. The fourth-order valence-corrected chi connectivity index (χ4v) is 3.77. The molecule has 2 aromatic heterocycles. The molecule has 0 radical (unpaired) electrons. The van der Waals surface area contributed by atoms with Crippen molar-refractivity contribution < 1.29 is 5.11 Å². The Morgan fingerprint density at radius 1 is 1.27 bits per heavy atom. The number of imidazole rings is 1. The van der Waals surface area contributed by atoms with Gasteiger partial charge in [-0.1, -0.05) is 18.6 Å². The molecule has 0 amide bonds. The summed E-state index contributed by atoms with van der Waals surface area (Å²) < 4.78 is 2.30. The van der Waals surface area contributed by atoms with E-state index >= 15 is 0 Å². The summed E-state index contributed by atoms with van der Waals surface area (Å²) in [5, 5.41) is 10.7. The number of aromatic nitrogens is 3. The highest BCUT2D eigenvalue weighted by molar-refractivity contribution is 5.92. The monoisotopic (exact) mass is 295 g/mol. The summed E-state index contributed by atoms with van der Waals surface area (Å²) in [7, 11) is 0. The van der Waals surface area contributed by atoms with E-state index in [9.17, 15) is 5.11 Å². The third-order valence-electron chi connectivity index (χ3n) is 4.90. The van der Waals surface area contributed by atoms with Gasteiger partial charge in [-0.05, 0) is 37.3 Å². The van der Waals surface area contributed by atoms with Crippen molar-refractivity contribution in [3.05, 3.63) is 42.9 Å². The number of H-pyrrole nitrogens is 1. The molecular weight excluding hydrogens is 274 g/mol. The zero-order valence-electron chi connectivity index (χ0n) is 12.6. The van der Waals surface area contributed by atoms with Crippen LogP contribution in [0.5, 0.6) is 0 Å². The number of aliphatic hydroxyl groups is 1. The highest BCUT2D eigenvalue weighted by atomic mass is 16.3. The first-order valence-electron chi connectivity index (χ1n) is 8.07. The number of aliphatic hydroxyl groups excluding tert-OH is 1. The lowest BCUT2D eigenvalue weighted by Crippen LogP contribution is -2.21. The second kappa shape index (κ2) is 5.61. The number of hydrogen-bond acceptors (Lipinski definition) is 2. The van der Waals surface area contributed by atoms with E-state index in [4.69, 9.17) is 0 Å². The molecule has 2 heterocycles. The molecule has 0 bridgehead atoms. The van der Waals surface area contributed by atoms with Crippen LogP contribution in [0, 0.1) is 5.92 Å². The van der Waals surface area contributed by atoms with Gasteiger partial charge in [0.05, 0.1) is 5.52 Å². The predicted molar refractivity (Wildman–Crippen MR) is 87.6 cm³/mol. The van der Waals surface area contributed by atoms with Crippen LogP contribution in [0.2, 0.25) is 0 Å². The fraction of sp³-hybridized carbons (Fsp3) is 0.389. The lowest BCUT2D eigenvalue weighted by atomic mass is 9.86. The normalized spacial score (nSPS) is 22.2. The van der Waals surface area contributed by atoms with E-state index in [1.807, 2.05) is 12.4 Å². The fourth-order valence-electron chi connectivity index (χ4n) is 3.77. The van der Waals surface area contributed by atoms with Gasteiger partial charge in [0.15, 0.2) is 0 Å². The molecule has 2 N–H and O–H groups in total. The molecule has 114 valence electrons. The van der Waals surface area contributed by atoms with Gasteiger partial charge in [0.2, 0.25) is 0 Å². The quantitative estimate of drug-likeness (QED) is 0.773. The van der Waals surface area contributed by atoms with Crippen LogP contribution in [0.4, 0.5) is 0 Å². The van der Waals surface area contributed by atoms with E-state index in [1.54, 1.807) is 0 Å². The lowest BCUT2D eigenvalue weighted by molar-refractivity contribution is 0.163. The van der Waals surface area contributed by atoms with E-state index in [1.165, 1.54) is 18.2 Å². The van der Waals surface area contributed by atoms with E-state index in [0.717, 1.165) is 29.7 Å². The van der Waals surface area contributed by atoms with Crippen LogP contribution in [0.15, 0.2) is 42.9 Å². The first kappa shape index (κ1) is 13.6. The van der Waals surface area contributed by atoms with Gasteiger partial charge in [0.25, 0.3) is 0 Å². The number of para-hydroxylation sites is 1. The first-order valence-corrected chi connectivity index (χ1v) is 8.07. The maximum Gasteiger partial charge on any atom is 0.142 e. The summed E-state index contributed by atoms with van der Waals surface area (Å²) in [6, 6.07) is 8.86. The summed E-state index contributed by atoms with van der Waals surface area (Å²) in [6.45, 7) is 0.298. The van der Waals surface area contributed by atoms with Crippen LogP contribution in [0.25, 0.3) is 22.3 Å². The maximum atomic E-state index is 9.48. The van der Waals surface area contributed by atoms with Crippen LogP contribution < -0.4 is 0 Å². The van der Waals surface area contributed by atoms with Gasteiger partial charge in [-0.25, -0.2) is 4.98 Å². The number of nitrogens with one attached hydrogen (secondary N) is 1. The van der Waals surface area contributed by atoms with Crippen molar-refractivity contribution in [2.24, 2.45) is 5.92 Å². The Labute approximate surface area is 129 Å². The summed E-state index contributed by atoms with van der Waals surface area (Å²) in [5.74, 6) is 1.45. The average Bonchev–Trinajstić information content (AvgIpc) is 3.23. The summed E-state index contributed by atoms with van der Waals surface area (Å²) in [4.78, 5) is 7.96. The molecule has 4 heteroatoms. The molecule has 4 rings (SSSR count). The van der Waals surface area contributed by atoms with Gasteiger partial charge in [-0.3, -0.25) is 0 Å². The Morgan fingerprint density at radius 3 is 3.14 bits per heavy atom. The zero-order valence-corrected chi connectivity index (χ0v) is 12.6. The van der Waals surface area contributed by atoms with Gasteiger partial charge >= 0.3 is 0 Å². The Morgan fingerprint density at radius 2 is 2.23 bits per heavy atom. The number of rotatable bonds is 3. The molecule has 0 aliphatic heterocycles. The van der Waals surface area contributed by atoms with Gasteiger partial charge in [0, 0.05) is 42.2 Å². The van der Waals surface area contributed by atoms with Crippen molar-refractivity contribution >= 4 is 10.9 Å². The number of aromatic amines is 1. The summed E-state index contributed by atoms with van der Waals surface area (Å²) in [5.41, 5.74) is 2.29. The number of benzene rings is 1. The number of hydrogen-bond donors (Lipinski definition) is 2. The highest BCUT2D eigenvalue weighted by Gasteiger charge is 2.24. The van der Waals surface area contributed by atoms with E-state index in [-0.39, 0.29) is 0 Å². The Hall–Kier alpha value is -2.07. The van der Waals surface area contributed by atoms with Crippen molar-refractivity contribution in [3.63, 3.8) is 0 Å². The molecule has 0 unspecified atom stereocenters. The molecule has 4 nitrogen and oxygen atoms in total. The lowest BCUT2D eigenvalue weighted by Gasteiger charge is -2.30. The molecule has 0 spiro atoms. The molecule has 3 aromatic rings. The predicted octanol–water partition coefficient (Wildman–Crippen LogP) is 3.76. The third-order valence-corrected chi connectivity index (χ3v) is 4.90. The van der Waals surface area contributed by atoms with Gasteiger partial charge in [-0.15, -0.1) is 0 Å². The van der Waals surface area contributed by atoms with Crippen LogP contribution in [-0.2, 0) is 0 Å². The molecule has 1 saturated carbocycles. The standard InChI is InChI=1S/C18H21N3O/c22-12-13-3-1-5-15(11-13)21-10-9-20-18(21)16-6-2-4-14-7-8-19-17(14)16/h2,4,6-10,13,15,19,22H,1,3,5,11-12H2/t13-,15+/m0/s1. The molecule has 1 aliphatic rings. The van der Waals surface area contributed by atoms with Crippen molar-refractivity contribution in [2.45, 2.75) is 31.7 Å². The average molecular weight is 295 g/mol. The van der Waals surface area contributed by atoms with E-state index in [2.05, 4.69) is 45.0 Å². The van der Waals surface area contributed by atoms with Crippen LogP contribution in [0.3, 0.4) is 0 Å². The van der Waals surface area contributed by atoms with Gasteiger partial charge in [0.1, 0.15) is 5.82 Å². The Bertz CT molecular complexity index is 773. The maximum absolute atomic E-state index is 9.48. The summed E-state index contributed by atoms with van der Waals surface area (Å²) >= 11 is 0. The molecule has 1 aliphatic carbocycles. The number of nitrogens with zero attached hydrogens (tertiary/aromatic N) is 2. The van der Waals surface area contributed by atoms with Crippen LogP contribution >= 0.6 is 0 Å². The van der Waals surface area contributed by atoms with Gasteiger partial charge < -0.3 is 14.7 Å². The Balaban J connectivity index is 1.75. The van der Waals surface area contributed by atoms with Crippen molar-refractivity contribution in [1.29, 1.82) is 0 Å². The van der Waals surface area contributed by atoms with Crippen molar-refractivity contribution in [2.75, 3.05) is 6.61 Å². The third kappa shape index (κ3) is 2.24. The second-order valence-electron chi connectivity index (χ2n) is 6.27. The van der Waals surface area contributed by atoms with E-state index in [0.29, 0.717) is 18.6 Å².